The van der Waals surface area contributed by atoms with E-state index in [0.29, 0.717) is 18.0 Å². The minimum atomic E-state index is -0.471. The van der Waals surface area contributed by atoms with Gasteiger partial charge in [-0.05, 0) is 43.3 Å². The van der Waals surface area contributed by atoms with E-state index in [1.54, 1.807) is 19.1 Å². The summed E-state index contributed by atoms with van der Waals surface area (Å²) in [5, 5.41) is 4.05. The average Bonchev–Trinajstić information content (AvgIpc) is 2.96. The highest BCUT2D eigenvalue weighted by Gasteiger charge is 2.12. The number of carbonyl (C=O) groups excluding carboxylic acids is 1. The normalized spacial score (nSPS) is 10.7. The number of rotatable bonds is 4. The van der Waals surface area contributed by atoms with Crippen molar-refractivity contribution in [3.05, 3.63) is 59.0 Å². The molecule has 0 saturated heterocycles. The SMILES string of the molecule is CCOC(=O)c1cc2c(Nc3ccc(F)c(Cl)c3)cccc2[nH]1. The predicted molar refractivity (Wildman–Crippen MR) is 88.9 cm³/mol. The average molecular weight is 333 g/mol. The third-order valence-electron chi connectivity index (χ3n) is 3.36. The number of H-pyrrole nitrogens is 1. The summed E-state index contributed by atoms with van der Waals surface area (Å²) in [5.41, 5.74) is 2.61. The first-order chi connectivity index (χ1) is 11.1. The van der Waals surface area contributed by atoms with Gasteiger partial charge in [-0.2, -0.15) is 0 Å². The van der Waals surface area contributed by atoms with Crippen molar-refractivity contribution in [2.45, 2.75) is 6.92 Å². The summed E-state index contributed by atoms with van der Waals surface area (Å²) < 4.78 is 18.2. The van der Waals surface area contributed by atoms with Crippen LogP contribution < -0.4 is 5.32 Å². The fraction of sp³-hybridized carbons (Fsp3) is 0.118. The van der Waals surface area contributed by atoms with Crippen LogP contribution in [0.1, 0.15) is 17.4 Å². The molecule has 0 unspecified atom stereocenters. The Hall–Kier alpha value is -2.53. The molecule has 3 rings (SSSR count). The lowest BCUT2D eigenvalue weighted by Gasteiger charge is -2.08. The smallest absolute Gasteiger partial charge is 0.354 e. The van der Waals surface area contributed by atoms with E-state index in [1.807, 2.05) is 18.2 Å². The molecule has 0 atom stereocenters. The van der Waals surface area contributed by atoms with Crippen LogP contribution in [0.5, 0.6) is 0 Å². The molecule has 4 nitrogen and oxygen atoms in total. The second-order valence-electron chi connectivity index (χ2n) is 4.92. The van der Waals surface area contributed by atoms with Gasteiger partial charge in [0.15, 0.2) is 0 Å². The predicted octanol–water partition coefficient (Wildman–Crippen LogP) is 4.88. The Labute approximate surface area is 137 Å². The van der Waals surface area contributed by atoms with E-state index in [9.17, 15) is 9.18 Å². The number of hydrogen-bond donors (Lipinski definition) is 2. The van der Waals surface area contributed by atoms with Crippen LogP contribution in [0.2, 0.25) is 5.02 Å². The number of halogens is 2. The molecule has 0 fully saturated rings. The maximum atomic E-state index is 13.2. The van der Waals surface area contributed by atoms with Gasteiger partial charge < -0.3 is 15.0 Å². The third-order valence-corrected chi connectivity index (χ3v) is 3.65. The topological polar surface area (TPSA) is 54.1 Å². The number of carbonyl (C=O) groups is 1. The lowest BCUT2D eigenvalue weighted by molar-refractivity contribution is 0.0520. The summed E-state index contributed by atoms with van der Waals surface area (Å²) in [6.45, 7) is 2.07. The summed E-state index contributed by atoms with van der Waals surface area (Å²) in [5.74, 6) is -0.874. The molecule has 3 aromatic rings. The highest BCUT2D eigenvalue weighted by atomic mass is 35.5. The molecule has 2 aromatic carbocycles. The zero-order chi connectivity index (χ0) is 16.4. The summed E-state index contributed by atoms with van der Waals surface area (Å²) in [6.07, 6.45) is 0. The van der Waals surface area contributed by atoms with Gasteiger partial charge in [0.25, 0.3) is 0 Å². The monoisotopic (exact) mass is 332 g/mol. The van der Waals surface area contributed by atoms with Gasteiger partial charge in [0.1, 0.15) is 11.5 Å². The minimum Gasteiger partial charge on any atom is -0.461 e. The largest absolute Gasteiger partial charge is 0.461 e. The Balaban J connectivity index is 1.97. The van der Waals surface area contributed by atoms with Gasteiger partial charge >= 0.3 is 5.97 Å². The maximum absolute atomic E-state index is 13.2. The Morgan fingerprint density at radius 2 is 2.13 bits per heavy atom. The van der Waals surface area contributed by atoms with Crippen molar-refractivity contribution in [1.82, 2.24) is 4.98 Å². The molecule has 23 heavy (non-hydrogen) atoms. The van der Waals surface area contributed by atoms with Crippen molar-refractivity contribution in [2.75, 3.05) is 11.9 Å². The molecule has 6 heteroatoms. The molecular formula is C17H14ClFN2O2. The lowest BCUT2D eigenvalue weighted by atomic mass is 10.2. The standard InChI is InChI=1S/C17H14ClFN2O2/c1-2-23-17(22)16-9-11-14(4-3-5-15(11)21-16)20-10-6-7-13(19)12(18)8-10/h3-9,20-21H,2H2,1H3. The number of anilines is 2. The van der Waals surface area contributed by atoms with E-state index >= 15 is 0 Å². The van der Waals surface area contributed by atoms with Crippen LogP contribution in [-0.2, 0) is 4.74 Å². The van der Waals surface area contributed by atoms with E-state index < -0.39 is 11.8 Å². The van der Waals surface area contributed by atoms with Crippen molar-refractivity contribution in [1.29, 1.82) is 0 Å². The van der Waals surface area contributed by atoms with Gasteiger partial charge in [-0.1, -0.05) is 17.7 Å². The molecule has 1 aromatic heterocycles. The molecule has 2 N–H and O–H groups in total. The van der Waals surface area contributed by atoms with E-state index in [0.717, 1.165) is 16.6 Å². The summed E-state index contributed by atoms with van der Waals surface area (Å²) in [4.78, 5) is 14.9. The lowest BCUT2D eigenvalue weighted by Crippen LogP contribution is -2.04. The van der Waals surface area contributed by atoms with Crippen molar-refractivity contribution < 1.29 is 13.9 Å². The summed E-state index contributed by atoms with van der Waals surface area (Å²) in [6, 6.07) is 11.7. The number of aromatic amines is 1. The van der Waals surface area contributed by atoms with Gasteiger partial charge in [0.05, 0.1) is 11.6 Å². The van der Waals surface area contributed by atoms with E-state index in [4.69, 9.17) is 16.3 Å². The van der Waals surface area contributed by atoms with Crippen LogP contribution in [0.3, 0.4) is 0 Å². The quantitative estimate of drug-likeness (QED) is 0.669. The fourth-order valence-corrected chi connectivity index (χ4v) is 2.49. The van der Waals surface area contributed by atoms with Crippen molar-refractivity contribution in [3.8, 4) is 0 Å². The van der Waals surface area contributed by atoms with Crippen LogP contribution in [0.4, 0.5) is 15.8 Å². The Bertz CT molecular complexity index is 876. The molecule has 0 amide bonds. The highest BCUT2D eigenvalue weighted by molar-refractivity contribution is 6.31. The van der Waals surface area contributed by atoms with E-state index in [-0.39, 0.29) is 5.02 Å². The minimum absolute atomic E-state index is 0.0449. The number of benzene rings is 2. The number of aromatic nitrogens is 1. The molecule has 0 bridgehead atoms. The van der Waals surface area contributed by atoms with Crippen LogP contribution in [0.25, 0.3) is 10.9 Å². The van der Waals surface area contributed by atoms with Crippen LogP contribution >= 0.6 is 11.6 Å². The molecule has 118 valence electrons. The fourth-order valence-electron chi connectivity index (χ4n) is 2.31. The number of ether oxygens (including phenoxy) is 1. The van der Waals surface area contributed by atoms with Crippen LogP contribution in [-0.4, -0.2) is 17.6 Å². The van der Waals surface area contributed by atoms with Crippen molar-refractivity contribution in [2.24, 2.45) is 0 Å². The van der Waals surface area contributed by atoms with Crippen molar-refractivity contribution >= 4 is 39.8 Å². The first-order valence-corrected chi connectivity index (χ1v) is 7.47. The summed E-state index contributed by atoms with van der Waals surface area (Å²) >= 11 is 5.80. The zero-order valence-electron chi connectivity index (χ0n) is 12.3. The Morgan fingerprint density at radius 1 is 1.30 bits per heavy atom. The van der Waals surface area contributed by atoms with Gasteiger partial charge in [0.2, 0.25) is 0 Å². The van der Waals surface area contributed by atoms with E-state index in [1.165, 1.54) is 12.1 Å². The molecule has 0 aliphatic rings. The Kier molecular flexibility index (Phi) is 4.21. The first-order valence-electron chi connectivity index (χ1n) is 7.09. The highest BCUT2D eigenvalue weighted by Crippen LogP contribution is 2.29. The number of nitrogens with one attached hydrogen (secondary N) is 2. The number of esters is 1. The zero-order valence-corrected chi connectivity index (χ0v) is 13.1. The maximum Gasteiger partial charge on any atom is 0.354 e. The van der Waals surface area contributed by atoms with Gasteiger partial charge in [-0.3, -0.25) is 0 Å². The summed E-state index contributed by atoms with van der Waals surface area (Å²) in [7, 11) is 0. The molecule has 0 radical (unpaired) electrons. The number of hydrogen-bond acceptors (Lipinski definition) is 3. The van der Waals surface area contributed by atoms with Gasteiger partial charge in [-0.25, -0.2) is 9.18 Å². The molecule has 1 heterocycles. The Morgan fingerprint density at radius 3 is 2.87 bits per heavy atom. The molecule has 0 aliphatic carbocycles. The third kappa shape index (κ3) is 3.14. The van der Waals surface area contributed by atoms with E-state index in [2.05, 4.69) is 10.3 Å². The molecule has 0 saturated carbocycles. The van der Waals surface area contributed by atoms with Crippen LogP contribution in [0, 0.1) is 5.82 Å². The van der Waals surface area contributed by atoms with Crippen LogP contribution in [0.15, 0.2) is 42.5 Å². The van der Waals surface area contributed by atoms with Gasteiger partial charge in [0, 0.05) is 22.3 Å². The molecule has 0 aliphatic heterocycles. The second-order valence-corrected chi connectivity index (χ2v) is 5.33. The second kappa shape index (κ2) is 6.30. The van der Waals surface area contributed by atoms with Crippen molar-refractivity contribution in [3.63, 3.8) is 0 Å². The molecular weight excluding hydrogens is 319 g/mol. The molecule has 0 spiro atoms. The van der Waals surface area contributed by atoms with Gasteiger partial charge in [-0.15, -0.1) is 0 Å². The first kappa shape index (κ1) is 15.4. The number of fused-ring (bicyclic) bond motifs is 1.